The molecule has 0 spiro atoms. The Balaban J connectivity index is 0.000000161. The van der Waals surface area contributed by atoms with E-state index in [0.717, 1.165) is 42.3 Å². The van der Waals surface area contributed by atoms with Gasteiger partial charge in [-0.25, -0.2) is 9.78 Å². The molecule has 4 rings (SSSR count). The molecule has 2 unspecified atom stereocenters. The topological polar surface area (TPSA) is 123 Å². The smallest absolute Gasteiger partial charge is 0.326 e. The molecule has 7 nitrogen and oxygen atoms in total. The van der Waals surface area contributed by atoms with Crippen LogP contribution in [-0.4, -0.2) is 25.7 Å². The SMILES string of the molecule is CC(N)CCc1ccc(N)nc1.O=c1[nH]c2cccc3c2n1CCCC3O. The number of aryl methyl sites for hydroxylation is 2. The zero-order chi connectivity index (χ0) is 19.4. The second kappa shape index (κ2) is 8.37. The maximum atomic E-state index is 11.6. The number of aliphatic hydroxyl groups is 1. The first kappa shape index (κ1) is 19.1. The van der Waals surface area contributed by atoms with Gasteiger partial charge in [0.25, 0.3) is 0 Å². The number of H-pyrrole nitrogens is 1. The lowest BCUT2D eigenvalue weighted by atomic mass is 10.1. The van der Waals surface area contributed by atoms with E-state index in [1.54, 1.807) is 10.8 Å². The number of hydrogen-bond acceptors (Lipinski definition) is 5. The standard InChI is InChI=1S/C11H12N2O2.C9H15N3/c14-9-5-2-6-13-10-7(9)3-1-4-8(10)12-11(13)15;1-7(10)2-3-8-4-5-9(11)12-6-8/h1,3-4,9,14H,2,5-6H2,(H,12,15);4-7H,2-3,10H2,1H3,(H2,11,12). The van der Waals surface area contributed by atoms with E-state index < -0.39 is 6.10 Å². The number of nitrogens with zero attached hydrogens (tertiary/aromatic N) is 2. The molecule has 0 saturated heterocycles. The molecule has 0 amide bonds. The van der Waals surface area contributed by atoms with Crippen LogP contribution in [0.25, 0.3) is 11.0 Å². The Kier molecular flexibility index (Phi) is 5.93. The van der Waals surface area contributed by atoms with Crippen LogP contribution in [0, 0.1) is 0 Å². The third-order valence-corrected chi connectivity index (χ3v) is 4.78. The number of pyridine rings is 1. The van der Waals surface area contributed by atoms with E-state index in [9.17, 15) is 9.90 Å². The van der Waals surface area contributed by atoms with Gasteiger partial charge in [0.15, 0.2) is 0 Å². The van der Waals surface area contributed by atoms with Gasteiger partial charge in [0, 0.05) is 24.3 Å². The zero-order valence-corrected chi connectivity index (χ0v) is 15.6. The highest BCUT2D eigenvalue weighted by atomic mass is 16.3. The molecule has 7 heteroatoms. The summed E-state index contributed by atoms with van der Waals surface area (Å²) in [5.74, 6) is 0.569. The summed E-state index contributed by atoms with van der Waals surface area (Å²) in [6.07, 6.45) is 4.88. The number of para-hydroxylation sites is 1. The van der Waals surface area contributed by atoms with Crippen LogP contribution in [0.5, 0.6) is 0 Å². The first-order chi connectivity index (χ1) is 13.0. The lowest BCUT2D eigenvalue weighted by Crippen LogP contribution is -2.16. The second-order valence-electron chi connectivity index (χ2n) is 7.09. The summed E-state index contributed by atoms with van der Waals surface area (Å²) in [6, 6.07) is 9.69. The third-order valence-electron chi connectivity index (χ3n) is 4.78. The van der Waals surface area contributed by atoms with Crippen molar-refractivity contribution < 1.29 is 5.11 Å². The Bertz CT molecular complexity index is 943. The van der Waals surface area contributed by atoms with E-state index in [1.165, 1.54) is 5.56 Å². The Morgan fingerprint density at radius 2 is 2.19 bits per heavy atom. The van der Waals surface area contributed by atoms with Crippen LogP contribution in [0.3, 0.4) is 0 Å². The minimum atomic E-state index is -0.447. The predicted molar refractivity (Wildman–Crippen MR) is 107 cm³/mol. The number of hydrogen-bond donors (Lipinski definition) is 4. The Morgan fingerprint density at radius 3 is 2.89 bits per heavy atom. The van der Waals surface area contributed by atoms with Crippen molar-refractivity contribution in [1.29, 1.82) is 0 Å². The van der Waals surface area contributed by atoms with Crippen LogP contribution in [0.15, 0.2) is 41.3 Å². The van der Waals surface area contributed by atoms with Gasteiger partial charge in [-0.1, -0.05) is 18.2 Å². The van der Waals surface area contributed by atoms with Gasteiger partial charge in [-0.05, 0) is 50.3 Å². The third kappa shape index (κ3) is 4.56. The monoisotopic (exact) mass is 369 g/mol. The van der Waals surface area contributed by atoms with Crippen molar-refractivity contribution in [1.82, 2.24) is 14.5 Å². The first-order valence-corrected chi connectivity index (χ1v) is 9.31. The van der Waals surface area contributed by atoms with Crippen LogP contribution in [0.1, 0.15) is 43.4 Å². The maximum absolute atomic E-state index is 11.6. The molecule has 1 aliphatic heterocycles. The van der Waals surface area contributed by atoms with E-state index in [1.807, 2.05) is 37.3 Å². The molecule has 0 aliphatic carbocycles. The zero-order valence-electron chi connectivity index (χ0n) is 15.6. The minimum Gasteiger partial charge on any atom is -0.388 e. The molecule has 0 saturated carbocycles. The summed E-state index contributed by atoms with van der Waals surface area (Å²) >= 11 is 0. The molecular weight excluding hydrogens is 342 g/mol. The highest BCUT2D eigenvalue weighted by molar-refractivity contribution is 5.79. The van der Waals surface area contributed by atoms with Crippen molar-refractivity contribution in [3.8, 4) is 0 Å². The van der Waals surface area contributed by atoms with Crippen molar-refractivity contribution in [3.05, 3.63) is 58.1 Å². The maximum Gasteiger partial charge on any atom is 0.326 e. The van der Waals surface area contributed by atoms with Gasteiger partial charge < -0.3 is 21.6 Å². The van der Waals surface area contributed by atoms with Gasteiger partial charge in [0.05, 0.1) is 17.1 Å². The second-order valence-corrected chi connectivity index (χ2v) is 7.09. The lowest BCUT2D eigenvalue weighted by Gasteiger charge is -2.07. The molecule has 6 N–H and O–H groups in total. The first-order valence-electron chi connectivity index (χ1n) is 9.31. The van der Waals surface area contributed by atoms with Crippen molar-refractivity contribution >= 4 is 16.9 Å². The van der Waals surface area contributed by atoms with Crippen LogP contribution in [0.2, 0.25) is 0 Å². The highest BCUT2D eigenvalue weighted by Crippen LogP contribution is 2.28. The summed E-state index contributed by atoms with van der Waals surface area (Å²) in [4.78, 5) is 18.4. The van der Waals surface area contributed by atoms with Gasteiger partial charge in [-0.3, -0.25) is 4.57 Å². The normalized spacial score (nSPS) is 17.1. The van der Waals surface area contributed by atoms with E-state index in [0.29, 0.717) is 12.4 Å². The van der Waals surface area contributed by atoms with Crippen molar-refractivity contribution in [2.75, 3.05) is 5.73 Å². The van der Waals surface area contributed by atoms with Crippen LogP contribution in [0.4, 0.5) is 5.82 Å². The molecule has 1 aromatic carbocycles. The number of nitrogens with one attached hydrogen (secondary N) is 1. The van der Waals surface area contributed by atoms with E-state index in [2.05, 4.69) is 9.97 Å². The van der Waals surface area contributed by atoms with Crippen molar-refractivity contribution in [3.63, 3.8) is 0 Å². The van der Waals surface area contributed by atoms with E-state index in [4.69, 9.17) is 11.5 Å². The number of nitrogen functional groups attached to an aromatic ring is 1. The summed E-state index contributed by atoms with van der Waals surface area (Å²) in [6.45, 7) is 2.69. The average Bonchev–Trinajstić information content (AvgIpc) is 2.86. The van der Waals surface area contributed by atoms with Gasteiger partial charge in [0.2, 0.25) is 0 Å². The largest absolute Gasteiger partial charge is 0.388 e. The number of imidazole rings is 1. The number of aromatic nitrogens is 3. The Hall–Kier alpha value is -2.64. The number of benzene rings is 1. The lowest BCUT2D eigenvalue weighted by molar-refractivity contribution is 0.167. The molecule has 27 heavy (non-hydrogen) atoms. The van der Waals surface area contributed by atoms with Crippen molar-refractivity contribution in [2.24, 2.45) is 5.73 Å². The van der Waals surface area contributed by atoms with Crippen LogP contribution >= 0.6 is 0 Å². The van der Waals surface area contributed by atoms with Gasteiger partial charge in [-0.15, -0.1) is 0 Å². The number of anilines is 1. The molecule has 0 fully saturated rings. The van der Waals surface area contributed by atoms with Crippen LogP contribution < -0.4 is 17.2 Å². The summed E-state index contributed by atoms with van der Waals surface area (Å²) < 4.78 is 1.72. The minimum absolute atomic E-state index is 0.0773. The van der Waals surface area contributed by atoms with E-state index >= 15 is 0 Å². The molecule has 0 bridgehead atoms. The highest BCUT2D eigenvalue weighted by Gasteiger charge is 2.19. The van der Waals surface area contributed by atoms with Gasteiger partial charge in [0.1, 0.15) is 5.82 Å². The number of aromatic amines is 1. The van der Waals surface area contributed by atoms with Crippen molar-refractivity contribution in [2.45, 2.75) is 51.3 Å². The number of nitrogens with two attached hydrogens (primary N) is 2. The Labute approximate surface area is 158 Å². The molecule has 144 valence electrons. The fourth-order valence-corrected chi connectivity index (χ4v) is 3.31. The van der Waals surface area contributed by atoms with Crippen LogP contribution in [-0.2, 0) is 13.0 Å². The molecule has 3 aromatic rings. The summed E-state index contributed by atoms with van der Waals surface area (Å²) in [7, 11) is 0. The summed E-state index contributed by atoms with van der Waals surface area (Å²) in [5, 5.41) is 9.93. The molecule has 3 heterocycles. The quantitative estimate of drug-likeness (QED) is 0.563. The fraction of sp³-hybridized carbons (Fsp3) is 0.400. The molecule has 1 aliphatic rings. The van der Waals surface area contributed by atoms with Gasteiger partial charge in [-0.2, -0.15) is 0 Å². The molecule has 2 aromatic heterocycles. The molecule has 0 radical (unpaired) electrons. The Morgan fingerprint density at radius 1 is 1.37 bits per heavy atom. The van der Waals surface area contributed by atoms with E-state index in [-0.39, 0.29) is 11.7 Å². The molecular formula is C20H27N5O2. The summed E-state index contributed by atoms with van der Waals surface area (Å²) in [5.41, 5.74) is 14.7. The number of rotatable bonds is 3. The molecule has 2 atom stereocenters. The van der Waals surface area contributed by atoms with Gasteiger partial charge >= 0.3 is 5.69 Å². The average molecular weight is 369 g/mol. The predicted octanol–water partition coefficient (Wildman–Crippen LogP) is 2.10. The fourth-order valence-electron chi connectivity index (χ4n) is 3.31. The number of aliphatic hydroxyl groups excluding tert-OH is 1.